The minimum Gasteiger partial charge on any atom is -0.462 e. The van der Waals surface area contributed by atoms with Crippen LogP contribution in [0.2, 0.25) is 0 Å². The van der Waals surface area contributed by atoms with Gasteiger partial charge in [-0.2, -0.15) is 12.6 Å². The normalized spacial score (nSPS) is 11.9. The first-order chi connectivity index (χ1) is 25.7. The highest BCUT2D eigenvalue weighted by molar-refractivity contribution is 7.81. The van der Waals surface area contributed by atoms with Crippen molar-refractivity contribution in [1.82, 2.24) is 5.32 Å². The first-order valence-corrected chi connectivity index (χ1v) is 22.6. The molecule has 0 aromatic carbocycles. The van der Waals surface area contributed by atoms with Crippen LogP contribution in [0.25, 0.3) is 0 Å². The highest BCUT2D eigenvalue weighted by Crippen LogP contribution is 2.15. The molecule has 0 spiro atoms. The molecule has 2 atom stereocenters. The summed E-state index contributed by atoms with van der Waals surface area (Å²) in [5, 5.41) is 17.5. The fourth-order valence-electron chi connectivity index (χ4n) is 5.76. The van der Waals surface area contributed by atoms with E-state index < -0.39 is 11.4 Å². The molecule has 0 bridgehead atoms. The molecule has 2 unspecified atom stereocenters. The molecule has 0 aromatic heterocycles. The van der Waals surface area contributed by atoms with Gasteiger partial charge in [-0.1, -0.05) is 182 Å². The third-order valence-corrected chi connectivity index (χ3v) is 9.44. The van der Waals surface area contributed by atoms with Crippen LogP contribution in [0.5, 0.6) is 0 Å². The molecule has 0 saturated carbocycles. The monoisotopic (exact) mass is 776 g/mol. The molecule has 0 fully saturated rings. The summed E-state index contributed by atoms with van der Waals surface area (Å²) < 4.78 is 11.2. The molecular weight excluding hydrogens is 687 g/mol. The van der Waals surface area contributed by atoms with E-state index in [-0.39, 0.29) is 24.5 Å². The number of rotatable bonds is 36. The maximum Gasteiger partial charge on any atom is 0.306 e. The smallest absolute Gasteiger partial charge is 0.306 e. The molecule has 3 N–H and O–H groups in total. The third-order valence-electron chi connectivity index (χ3n) is 9.21. The van der Waals surface area contributed by atoms with Crippen molar-refractivity contribution in [3.8, 4) is 0 Å². The van der Waals surface area contributed by atoms with Crippen LogP contribution in [0, 0.1) is 5.92 Å². The Morgan fingerprint density at radius 3 is 1.21 bits per heavy atom. The predicted octanol–water partition coefficient (Wildman–Crippen LogP) is 11.5. The van der Waals surface area contributed by atoms with Gasteiger partial charge in [0.15, 0.2) is 0 Å². The van der Waals surface area contributed by atoms with E-state index in [0.717, 1.165) is 45.6 Å². The van der Waals surface area contributed by atoms with E-state index in [0.29, 0.717) is 38.3 Å². The van der Waals surface area contributed by atoms with Crippen LogP contribution in [0.15, 0.2) is 0 Å². The number of nitrogens with one attached hydrogen (secondary N) is 1. The predicted molar refractivity (Wildman–Crippen MR) is 228 cm³/mol. The Labute approximate surface area is 333 Å². The van der Waals surface area contributed by atoms with Gasteiger partial charge in [-0.3, -0.25) is 14.4 Å². The number of hydrogen-bond acceptors (Lipinski definition) is 8. The molecular formula is C44H89NO7S. The van der Waals surface area contributed by atoms with E-state index in [9.17, 15) is 14.4 Å². The third kappa shape index (κ3) is 48.7. The van der Waals surface area contributed by atoms with E-state index in [2.05, 4.69) is 31.8 Å². The van der Waals surface area contributed by atoms with Crippen LogP contribution < -0.4 is 5.32 Å². The summed E-state index contributed by atoms with van der Waals surface area (Å²) >= 11 is 4.16. The molecule has 0 aromatic rings. The van der Waals surface area contributed by atoms with Crippen LogP contribution in [-0.4, -0.2) is 66.3 Å². The summed E-state index contributed by atoms with van der Waals surface area (Å²) in [6.45, 7) is 10.9. The van der Waals surface area contributed by atoms with Gasteiger partial charge in [0.2, 0.25) is 5.91 Å². The molecule has 0 heterocycles. The van der Waals surface area contributed by atoms with E-state index in [4.69, 9.17) is 19.7 Å². The molecule has 318 valence electrons. The molecule has 9 heteroatoms. The van der Waals surface area contributed by atoms with Crippen molar-refractivity contribution in [2.75, 3.05) is 26.9 Å². The molecule has 0 aliphatic rings. The Hall–Kier alpha value is -1.32. The largest absolute Gasteiger partial charge is 0.462 e. The Balaban J connectivity index is -0.00000327. The van der Waals surface area contributed by atoms with Crippen LogP contribution in [0.4, 0.5) is 0 Å². The Kier molecular flexibility index (Phi) is 49.5. The zero-order chi connectivity index (χ0) is 40.2. The number of ether oxygens (including phenoxy) is 2. The number of aliphatic hydroxyl groups is 2. The second-order valence-electron chi connectivity index (χ2n) is 15.1. The second-order valence-corrected chi connectivity index (χ2v) is 15.9. The molecule has 8 nitrogen and oxygen atoms in total. The molecule has 0 aliphatic heterocycles. The van der Waals surface area contributed by atoms with Gasteiger partial charge in [-0.05, 0) is 25.7 Å². The van der Waals surface area contributed by atoms with Gasteiger partial charge in [0.05, 0.1) is 5.25 Å². The van der Waals surface area contributed by atoms with Gasteiger partial charge in [-0.15, -0.1) is 0 Å². The van der Waals surface area contributed by atoms with Gasteiger partial charge < -0.3 is 25.0 Å². The quantitative estimate of drug-likeness (QED) is 0.0284. The lowest BCUT2D eigenvalue weighted by Crippen LogP contribution is -2.34. The van der Waals surface area contributed by atoms with Crippen molar-refractivity contribution >= 4 is 30.5 Å². The van der Waals surface area contributed by atoms with E-state index >= 15 is 0 Å². The van der Waals surface area contributed by atoms with E-state index in [1.54, 1.807) is 6.92 Å². The van der Waals surface area contributed by atoms with Crippen molar-refractivity contribution < 1.29 is 34.1 Å². The number of esters is 2. The number of hydrogen-bond donors (Lipinski definition) is 4. The number of amides is 1. The maximum absolute atomic E-state index is 12.6. The molecule has 1 amide bonds. The number of carbonyl (C=O) groups excluding carboxylic acids is 3. The van der Waals surface area contributed by atoms with Crippen molar-refractivity contribution in [3.63, 3.8) is 0 Å². The number of unbranched alkanes of at least 4 members (excludes halogenated alkanes) is 24. The van der Waals surface area contributed by atoms with Crippen LogP contribution in [0.3, 0.4) is 0 Å². The van der Waals surface area contributed by atoms with Gasteiger partial charge in [-0.25, -0.2) is 0 Å². The van der Waals surface area contributed by atoms with Crippen molar-refractivity contribution in [1.29, 1.82) is 0 Å². The average Bonchev–Trinajstić information content (AvgIpc) is 3.15. The SMILES string of the molecule is CC(C)CO.CCCCCCCCCCCCCCCC(=O)OCC(CCNC(=O)C(C)S)OC(=O)CCCCCCCCCCCCCCC.CO. The first kappa shape index (κ1) is 56.0. The standard InChI is InChI=1S/C39H75NO5S.C4H10O.CH4O/c1-4-6-8-10-12-14-16-18-20-22-24-26-28-30-37(41)44-34-36(32-33-40-39(43)35(3)46)45-38(42)31-29-27-25-23-21-19-17-15-13-11-9-7-5-2;1-4(2)3-5;1-2/h35-36,46H,4-34H2,1-3H3,(H,40,43);4-5H,3H2,1-2H3;2H,1H3. The summed E-state index contributed by atoms with van der Waals surface area (Å²) in [7, 11) is 1.00. The number of thiol groups is 1. The molecule has 0 saturated heterocycles. The highest BCUT2D eigenvalue weighted by atomic mass is 32.1. The fraction of sp³-hybridized carbons (Fsp3) is 0.932. The van der Waals surface area contributed by atoms with Crippen LogP contribution in [-0.2, 0) is 23.9 Å². The zero-order valence-electron chi connectivity index (χ0n) is 35.7. The lowest BCUT2D eigenvalue weighted by atomic mass is 10.0. The molecule has 0 aliphatic carbocycles. The summed E-state index contributed by atoms with van der Waals surface area (Å²) in [5.74, 6) is -0.224. The van der Waals surface area contributed by atoms with Crippen molar-refractivity contribution in [2.24, 2.45) is 5.92 Å². The van der Waals surface area contributed by atoms with Crippen molar-refractivity contribution in [3.05, 3.63) is 0 Å². The van der Waals surface area contributed by atoms with Gasteiger partial charge in [0.25, 0.3) is 0 Å². The molecule has 53 heavy (non-hydrogen) atoms. The van der Waals surface area contributed by atoms with E-state index in [1.165, 1.54) is 128 Å². The number of aliphatic hydroxyl groups excluding tert-OH is 2. The summed E-state index contributed by atoms with van der Waals surface area (Å²) in [4.78, 5) is 36.8. The minimum absolute atomic E-state index is 0.0356. The topological polar surface area (TPSA) is 122 Å². The fourth-order valence-corrected chi connectivity index (χ4v) is 5.85. The van der Waals surface area contributed by atoms with E-state index in [1.807, 2.05) is 13.8 Å². The Morgan fingerprint density at radius 2 is 0.887 bits per heavy atom. The molecule has 0 radical (unpaired) electrons. The van der Waals surface area contributed by atoms with Gasteiger partial charge in [0.1, 0.15) is 12.7 Å². The lowest BCUT2D eigenvalue weighted by Gasteiger charge is -2.19. The summed E-state index contributed by atoms with van der Waals surface area (Å²) in [5.41, 5.74) is 0. The van der Waals surface area contributed by atoms with Gasteiger partial charge >= 0.3 is 11.9 Å². The maximum atomic E-state index is 12.6. The summed E-state index contributed by atoms with van der Waals surface area (Å²) in [6.07, 6.45) is 33.4. The highest BCUT2D eigenvalue weighted by Gasteiger charge is 2.18. The zero-order valence-corrected chi connectivity index (χ0v) is 36.6. The van der Waals surface area contributed by atoms with Crippen LogP contribution >= 0.6 is 12.6 Å². The Morgan fingerprint density at radius 1 is 0.566 bits per heavy atom. The summed E-state index contributed by atoms with van der Waals surface area (Å²) in [6, 6.07) is 0. The minimum atomic E-state index is -0.555. The van der Waals surface area contributed by atoms with Crippen LogP contribution in [0.1, 0.15) is 221 Å². The first-order valence-electron chi connectivity index (χ1n) is 22.0. The Bertz CT molecular complexity index is 766. The van der Waals surface area contributed by atoms with Crippen molar-refractivity contribution in [2.45, 2.75) is 232 Å². The molecule has 0 rings (SSSR count). The lowest BCUT2D eigenvalue weighted by molar-refractivity contribution is -0.159. The number of carbonyl (C=O) groups is 3. The average molecular weight is 776 g/mol. The second kappa shape index (κ2) is 46.8. The van der Waals surface area contributed by atoms with Gasteiger partial charge in [0, 0.05) is 39.5 Å².